The number of hydrogen-bond acceptors (Lipinski definition) is 3. The Morgan fingerprint density at radius 1 is 1.25 bits per heavy atom. The zero-order chi connectivity index (χ0) is 12.3. The van der Waals surface area contributed by atoms with Gasteiger partial charge in [-0.3, -0.25) is 9.59 Å². The van der Waals surface area contributed by atoms with Crippen LogP contribution in [-0.2, 0) is 9.53 Å². The fourth-order valence-electron chi connectivity index (χ4n) is 1.33. The van der Waals surface area contributed by atoms with Crippen LogP contribution < -0.4 is 0 Å². The predicted octanol–water partition coefficient (Wildman–Crippen LogP) is 2.21. The second kappa shape index (κ2) is 4.43. The van der Waals surface area contributed by atoms with Crippen LogP contribution in [0.3, 0.4) is 0 Å². The maximum atomic E-state index is 13.4. The van der Waals surface area contributed by atoms with Crippen molar-refractivity contribution in [3.63, 3.8) is 0 Å². The summed E-state index contributed by atoms with van der Waals surface area (Å²) in [5, 5.41) is 0. The first-order valence-corrected chi connectivity index (χ1v) is 4.79. The third kappa shape index (κ3) is 2.10. The molecule has 86 valence electrons. The summed E-state index contributed by atoms with van der Waals surface area (Å²) >= 11 is 0. The van der Waals surface area contributed by atoms with E-state index in [4.69, 9.17) is 0 Å². The standard InChI is InChI=1S/C12H13FO3/c1-12(2,11(15)16-3)10(14)8-6-4-5-7-9(8)13/h4-7H,1-3H3. The quantitative estimate of drug-likeness (QED) is 0.449. The fourth-order valence-corrected chi connectivity index (χ4v) is 1.33. The lowest BCUT2D eigenvalue weighted by Crippen LogP contribution is -2.35. The lowest BCUT2D eigenvalue weighted by atomic mass is 9.84. The van der Waals surface area contributed by atoms with Crippen molar-refractivity contribution >= 4 is 11.8 Å². The minimum absolute atomic E-state index is 0.0992. The lowest BCUT2D eigenvalue weighted by molar-refractivity contribution is -0.147. The van der Waals surface area contributed by atoms with Crippen molar-refractivity contribution in [1.29, 1.82) is 0 Å². The fraction of sp³-hybridized carbons (Fsp3) is 0.333. The van der Waals surface area contributed by atoms with Crippen molar-refractivity contribution in [2.24, 2.45) is 5.41 Å². The second-order valence-corrected chi connectivity index (χ2v) is 3.93. The third-order valence-electron chi connectivity index (χ3n) is 2.38. The molecule has 16 heavy (non-hydrogen) atoms. The molecule has 1 aromatic carbocycles. The Labute approximate surface area is 93.2 Å². The van der Waals surface area contributed by atoms with Gasteiger partial charge in [0, 0.05) is 0 Å². The Kier molecular flexibility index (Phi) is 3.42. The summed E-state index contributed by atoms with van der Waals surface area (Å²) in [7, 11) is 1.19. The average molecular weight is 224 g/mol. The van der Waals surface area contributed by atoms with E-state index < -0.39 is 23.0 Å². The summed E-state index contributed by atoms with van der Waals surface area (Å²) in [5.74, 6) is -1.90. The minimum atomic E-state index is -1.38. The van der Waals surface area contributed by atoms with E-state index in [9.17, 15) is 14.0 Å². The van der Waals surface area contributed by atoms with Gasteiger partial charge in [0.2, 0.25) is 0 Å². The van der Waals surface area contributed by atoms with Crippen molar-refractivity contribution in [2.75, 3.05) is 7.11 Å². The first-order valence-electron chi connectivity index (χ1n) is 4.79. The first kappa shape index (κ1) is 12.4. The maximum absolute atomic E-state index is 13.4. The number of hydrogen-bond donors (Lipinski definition) is 0. The van der Waals surface area contributed by atoms with E-state index in [1.165, 1.54) is 39.2 Å². The van der Waals surface area contributed by atoms with Gasteiger partial charge in [-0.1, -0.05) is 12.1 Å². The third-order valence-corrected chi connectivity index (χ3v) is 2.38. The number of carbonyl (C=O) groups excluding carboxylic acids is 2. The molecular weight excluding hydrogens is 211 g/mol. The molecule has 1 rings (SSSR count). The molecule has 0 spiro atoms. The van der Waals surface area contributed by atoms with Gasteiger partial charge in [-0.25, -0.2) is 4.39 Å². The molecule has 0 aliphatic rings. The van der Waals surface area contributed by atoms with Gasteiger partial charge in [0.15, 0.2) is 5.78 Å². The highest BCUT2D eigenvalue weighted by Gasteiger charge is 2.38. The van der Waals surface area contributed by atoms with E-state index in [1.807, 2.05) is 0 Å². The van der Waals surface area contributed by atoms with Crippen molar-refractivity contribution < 1.29 is 18.7 Å². The largest absolute Gasteiger partial charge is 0.468 e. The van der Waals surface area contributed by atoms with E-state index in [0.29, 0.717) is 0 Å². The topological polar surface area (TPSA) is 43.4 Å². The molecular formula is C12H13FO3. The molecule has 1 aromatic rings. The van der Waals surface area contributed by atoms with Crippen LogP contribution in [0.1, 0.15) is 24.2 Å². The van der Waals surface area contributed by atoms with Crippen molar-refractivity contribution in [3.8, 4) is 0 Å². The van der Waals surface area contributed by atoms with E-state index >= 15 is 0 Å². The Bertz CT molecular complexity index is 424. The zero-order valence-electron chi connectivity index (χ0n) is 9.41. The summed E-state index contributed by atoms with van der Waals surface area (Å²) in [5.41, 5.74) is -1.48. The highest BCUT2D eigenvalue weighted by molar-refractivity contribution is 6.11. The van der Waals surface area contributed by atoms with Crippen LogP contribution in [0.2, 0.25) is 0 Å². The first-order chi connectivity index (χ1) is 7.41. The van der Waals surface area contributed by atoms with Gasteiger partial charge in [0.25, 0.3) is 0 Å². The summed E-state index contributed by atoms with van der Waals surface area (Å²) in [6, 6.07) is 5.56. The monoisotopic (exact) mass is 224 g/mol. The number of esters is 1. The van der Waals surface area contributed by atoms with Crippen LogP contribution in [0.5, 0.6) is 0 Å². The molecule has 0 heterocycles. The number of ether oxygens (including phenoxy) is 1. The van der Waals surface area contributed by atoms with E-state index in [0.717, 1.165) is 0 Å². The highest BCUT2D eigenvalue weighted by Crippen LogP contribution is 2.24. The molecule has 4 heteroatoms. The molecule has 0 aliphatic heterocycles. The molecule has 0 saturated heterocycles. The molecule has 0 bridgehead atoms. The molecule has 0 saturated carbocycles. The molecule has 0 N–H and O–H groups in total. The number of carbonyl (C=O) groups is 2. The Hall–Kier alpha value is -1.71. The normalized spacial score (nSPS) is 11.0. The van der Waals surface area contributed by atoms with Crippen LogP contribution in [0.15, 0.2) is 24.3 Å². The summed E-state index contributed by atoms with van der Waals surface area (Å²) in [4.78, 5) is 23.3. The lowest BCUT2D eigenvalue weighted by Gasteiger charge is -2.19. The van der Waals surface area contributed by atoms with Gasteiger partial charge in [-0.2, -0.15) is 0 Å². The van der Waals surface area contributed by atoms with E-state index in [2.05, 4.69) is 4.74 Å². The van der Waals surface area contributed by atoms with Gasteiger partial charge in [-0.15, -0.1) is 0 Å². The predicted molar refractivity (Wildman–Crippen MR) is 56.5 cm³/mol. The molecule has 0 unspecified atom stereocenters. The molecule has 0 amide bonds. The van der Waals surface area contributed by atoms with Crippen molar-refractivity contribution in [2.45, 2.75) is 13.8 Å². The van der Waals surface area contributed by atoms with E-state index in [1.54, 1.807) is 6.07 Å². The number of methoxy groups -OCH3 is 1. The Morgan fingerprint density at radius 2 is 1.81 bits per heavy atom. The minimum Gasteiger partial charge on any atom is -0.468 e. The summed E-state index contributed by atoms with van der Waals surface area (Å²) in [6.07, 6.45) is 0. The highest BCUT2D eigenvalue weighted by atomic mass is 19.1. The van der Waals surface area contributed by atoms with Crippen molar-refractivity contribution in [1.82, 2.24) is 0 Å². The van der Waals surface area contributed by atoms with Crippen LogP contribution in [0, 0.1) is 11.2 Å². The number of rotatable bonds is 3. The van der Waals surface area contributed by atoms with Crippen LogP contribution >= 0.6 is 0 Å². The smallest absolute Gasteiger partial charge is 0.319 e. The number of halogens is 1. The van der Waals surface area contributed by atoms with Gasteiger partial charge < -0.3 is 4.74 Å². The van der Waals surface area contributed by atoms with Gasteiger partial charge in [-0.05, 0) is 26.0 Å². The van der Waals surface area contributed by atoms with Crippen molar-refractivity contribution in [3.05, 3.63) is 35.6 Å². The Balaban J connectivity index is 3.12. The molecule has 0 atom stereocenters. The number of benzene rings is 1. The average Bonchev–Trinajstić information content (AvgIpc) is 2.27. The molecule has 0 fully saturated rings. The summed E-state index contributed by atoms with van der Waals surface area (Å²) in [6.45, 7) is 2.82. The molecule has 0 radical (unpaired) electrons. The van der Waals surface area contributed by atoms with Gasteiger partial charge in [0.1, 0.15) is 11.2 Å². The zero-order valence-corrected chi connectivity index (χ0v) is 9.41. The second-order valence-electron chi connectivity index (χ2n) is 3.93. The van der Waals surface area contributed by atoms with Gasteiger partial charge >= 0.3 is 5.97 Å². The SMILES string of the molecule is COC(=O)C(C)(C)C(=O)c1ccccc1F. The van der Waals surface area contributed by atoms with Crippen LogP contribution in [-0.4, -0.2) is 18.9 Å². The maximum Gasteiger partial charge on any atom is 0.319 e. The van der Waals surface area contributed by atoms with Gasteiger partial charge in [0.05, 0.1) is 12.7 Å². The van der Waals surface area contributed by atoms with Crippen LogP contribution in [0.25, 0.3) is 0 Å². The molecule has 3 nitrogen and oxygen atoms in total. The number of Topliss-reactive ketones (excluding diaryl/α,β-unsaturated/α-hetero) is 1. The van der Waals surface area contributed by atoms with E-state index in [-0.39, 0.29) is 5.56 Å². The molecule has 0 aromatic heterocycles. The number of ketones is 1. The Morgan fingerprint density at radius 3 is 2.31 bits per heavy atom. The molecule has 0 aliphatic carbocycles. The summed E-state index contributed by atoms with van der Waals surface area (Å²) < 4.78 is 17.9. The van der Waals surface area contributed by atoms with Crippen LogP contribution in [0.4, 0.5) is 4.39 Å².